The maximum atomic E-state index is 11.0. The number of nitrogens with zero attached hydrogens (tertiary/aromatic N) is 2. The van der Waals surface area contributed by atoms with Crippen LogP contribution in [0.4, 0.5) is 9.59 Å². The Balaban J connectivity index is 4.16. The molecule has 10 heteroatoms. The van der Waals surface area contributed by atoms with E-state index in [1.165, 1.54) is 0 Å². The number of carbonyl (C=O) groups is 3. The first-order valence-electron chi connectivity index (χ1n) is 5.96. The van der Waals surface area contributed by atoms with Gasteiger partial charge in [0.1, 0.15) is 0 Å². The quantitative estimate of drug-likeness (QED) is 0.307. The predicted molar refractivity (Wildman–Crippen MR) is 68.8 cm³/mol. The summed E-state index contributed by atoms with van der Waals surface area (Å²) in [4.78, 5) is 34.1. The Kier molecular flexibility index (Phi) is 8.79. The molecule has 0 bridgehead atoms. The van der Waals surface area contributed by atoms with Gasteiger partial charge in [0, 0.05) is 39.3 Å². The molecule has 0 aromatic carbocycles. The van der Waals surface area contributed by atoms with Gasteiger partial charge >= 0.3 is 18.2 Å². The van der Waals surface area contributed by atoms with Crippen molar-refractivity contribution in [2.45, 2.75) is 0 Å². The fourth-order valence-electron chi connectivity index (χ4n) is 1.41. The van der Waals surface area contributed by atoms with Crippen LogP contribution in [-0.4, -0.2) is 89.1 Å². The molecule has 0 spiro atoms. The van der Waals surface area contributed by atoms with Crippen molar-refractivity contribution in [3.8, 4) is 0 Å². The van der Waals surface area contributed by atoms with Gasteiger partial charge in [-0.1, -0.05) is 0 Å². The lowest BCUT2D eigenvalue weighted by Gasteiger charge is -2.24. The molecule has 0 radical (unpaired) electrons. The number of nitrogens with one attached hydrogen (secondary N) is 1. The van der Waals surface area contributed by atoms with Gasteiger partial charge in [0.15, 0.2) is 0 Å². The minimum absolute atomic E-state index is 0.00359. The number of rotatable bonds is 10. The van der Waals surface area contributed by atoms with Crippen molar-refractivity contribution in [1.82, 2.24) is 15.1 Å². The Bertz CT molecular complexity index is 338. The highest BCUT2D eigenvalue weighted by Crippen LogP contribution is 1.94. The number of hydrogen-bond donors (Lipinski definition) is 5. The Morgan fingerprint density at radius 1 is 0.900 bits per heavy atom. The maximum Gasteiger partial charge on any atom is 0.407 e. The van der Waals surface area contributed by atoms with Crippen LogP contribution >= 0.6 is 0 Å². The monoisotopic (exact) mass is 292 g/mol. The summed E-state index contributed by atoms with van der Waals surface area (Å²) in [6, 6.07) is 0. The van der Waals surface area contributed by atoms with Crippen LogP contribution in [0.1, 0.15) is 0 Å². The van der Waals surface area contributed by atoms with Crippen molar-refractivity contribution < 1.29 is 29.7 Å². The van der Waals surface area contributed by atoms with Crippen LogP contribution in [0.3, 0.4) is 0 Å². The lowest BCUT2D eigenvalue weighted by molar-refractivity contribution is -0.135. The van der Waals surface area contributed by atoms with E-state index in [9.17, 15) is 14.4 Å². The number of hydrogen-bond acceptors (Lipinski definition) is 5. The molecular formula is C10H20N4O6. The third-order valence-corrected chi connectivity index (χ3v) is 2.41. The first kappa shape index (κ1) is 17.9. The van der Waals surface area contributed by atoms with E-state index in [0.717, 1.165) is 9.80 Å². The minimum Gasteiger partial charge on any atom is -0.480 e. The van der Waals surface area contributed by atoms with Gasteiger partial charge in [0.05, 0.1) is 6.54 Å². The van der Waals surface area contributed by atoms with E-state index in [-0.39, 0.29) is 45.8 Å². The zero-order chi connectivity index (χ0) is 15.5. The molecule has 20 heavy (non-hydrogen) atoms. The molecule has 0 atom stereocenters. The predicted octanol–water partition coefficient (Wildman–Crippen LogP) is -1.42. The topological polar surface area (TPSA) is 156 Å². The largest absolute Gasteiger partial charge is 0.480 e. The first-order valence-corrected chi connectivity index (χ1v) is 5.96. The van der Waals surface area contributed by atoms with Crippen molar-refractivity contribution in [2.24, 2.45) is 5.73 Å². The molecule has 0 aliphatic carbocycles. The molecule has 10 nitrogen and oxygen atoms in total. The summed E-state index contributed by atoms with van der Waals surface area (Å²) < 4.78 is 0. The zero-order valence-electron chi connectivity index (χ0n) is 11.0. The summed E-state index contributed by atoms with van der Waals surface area (Å²) in [6.45, 7) is 0.261. The number of amides is 2. The van der Waals surface area contributed by atoms with E-state index >= 15 is 0 Å². The molecule has 0 aromatic heterocycles. The molecule has 116 valence electrons. The smallest absolute Gasteiger partial charge is 0.407 e. The van der Waals surface area contributed by atoms with Crippen LogP contribution in [0.5, 0.6) is 0 Å². The summed E-state index contributed by atoms with van der Waals surface area (Å²) in [6.07, 6.45) is -2.36. The van der Waals surface area contributed by atoms with Crippen molar-refractivity contribution in [3.63, 3.8) is 0 Å². The molecule has 0 unspecified atom stereocenters. The molecule has 0 heterocycles. The highest BCUT2D eigenvalue weighted by Gasteiger charge is 2.16. The average Bonchev–Trinajstić information content (AvgIpc) is 2.35. The van der Waals surface area contributed by atoms with Gasteiger partial charge < -0.3 is 36.2 Å². The van der Waals surface area contributed by atoms with E-state index in [2.05, 4.69) is 5.32 Å². The van der Waals surface area contributed by atoms with Gasteiger partial charge in [0.2, 0.25) is 0 Å². The van der Waals surface area contributed by atoms with Gasteiger partial charge in [-0.25, -0.2) is 9.59 Å². The molecule has 0 rings (SSSR count). The molecule has 0 saturated carbocycles. The SMILES string of the molecule is NCCN(CCN(CCNCC(=O)O)C(=O)O)C(=O)O. The Morgan fingerprint density at radius 3 is 1.80 bits per heavy atom. The van der Waals surface area contributed by atoms with Crippen molar-refractivity contribution in [3.05, 3.63) is 0 Å². The van der Waals surface area contributed by atoms with E-state index in [1.54, 1.807) is 0 Å². The van der Waals surface area contributed by atoms with Crippen LogP contribution in [-0.2, 0) is 4.79 Å². The summed E-state index contributed by atoms with van der Waals surface area (Å²) in [7, 11) is 0. The number of carboxylic acids is 1. The zero-order valence-corrected chi connectivity index (χ0v) is 11.0. The molecule has 6 N–H and O–H groups in total. The van der Waals surface area contributed by atoms with Gasteiger partial charge in [-0.3, -0.25) is 4.79 Å². The van der Waals surface area contributed by atoms with Gasteiger partial charge in [-0.2, -0.15) is 0 Å². The van der Waals surface area contributed by atoms with Crippen molar-refractivity contribution >= 4 is 18.2 Å². The fourth-order valence-corrected chi connectivity index (χ4v) is 1.41. The Hall–Kier alpha value is -2.07. The Labute approximate surface area is 115 Å². The second-order valence-corrected chi connectivity index (χ2v) is 3.90. The fraction of sp³-hybridized carbons (Fsp3) is 0.700. The minimum atomic E-state index is -1.19. The average molecular weight is 292 g/mol. The molecule has 2 amide bonds. The lowest BCUT2D eigenvalue weighted by atomic mass is 10.4. The Morgan fingerprint density at radius 2 is 1.40 bits per heavy atom. The van der Waals surface area contributed by atoms with Gasteiger partial charge in [-0.15, -0.1) is 0 Å². The van der Waals surface area contributed by atoms with Gasteiger partial charge in [0.25, 0.3) is 0 Å². The number of carboxylic acid groups (broad SMARTS) is 3. The van der Waals surface area contributed by atoms with E-state index in [0.29, 0.717) is 0 Å². The summed E-state index contributed by atoms with van der Waals surface area (Å²) in [5, 5.41) is 28.8. The lowest BCUT2D eigenvalue weighted by Crippen LogP contribution is -2.44. The van der Waals surface area contributed by atoms with Crippen molar-refractivity contribution in [1.29, 1.82) is 0 Å². The second-order valence-electron chi connectivity index (χ2n) is 3.90. The third-order valence-electron chi connectivity index (χ3n) is 2.41. The molecule has 0 aliphatic rings. The summed E-state index contributed by atoms with van der Waals surface area (Å²) in [5.74, 6) is -1.04. The van der Waals surface area contributed by atoms with Crippen LogP contribution in [0.25, 0.3) is 0 Å². The standard InChI is InChI=1S/C10H20N4O6/c11-1-3-13(9(17)18)5-6-14(10(19)20)4-2-12-7-8(15)16/h12H,1-7,11H2,(H,15,16)(H,17,18)(H,19,20). The number of nitrogens with two attached hydrogens (primary N) is 1. The van der Waals surface area contributed by atoms with Gasteiger partial charge in [-0.05, 0) is 0 Å². The first-order chi connectivity index (χ1) is 9.38. The van der Waals surface area contributed by atoms with E-state index < -0.39 is 18.2 Å². The van der Waals surface area contributed by atoms with Crippen LogP contribution < -0.4 is 11.1 Å². The van der Waals surface area contributed by atoms with Crippen LogP contribution in [0.2, 0.25) is 0 Å². The highest BCUT2D eigenvalue weighted by atomic mass is 16.4. The number of aliphatic carboxylic acids is 1. The second kappa shape index (κ2) is 9.81. The molecule has 0 fully saturated rings. The summed E-state index contributed by atoms with van der Waals surface area (Å²) >= 11 is 0. The molecule has 0 saturated heterocycles. The normalized spacial score (nSPS) is 10.1. The molecular weight excluding hydrogens is 272 g/mol. The van der Waals surface area contributed by atoms with E-state index in [1.807, 2.05) is 0 Å². The third kappa shape index (κ3) is 8.11. The highest BCUT2D eigenvalue weighted by molar-refractivity contribution is 5.69. The van der Waals surface area contributed by atoms with Crippen molar-refractivity contribution in [2.75, 3.05) is 45.8 Å². The van der Waals surface area contributed by atoms with Crippen LogP contribution in [0.15, 0.2) is 0 Å². The van der Waals surface area contributed by atoms with E-state index in [4.69, 9.17) is 21.1 Å². The molecule has 0 aromatic rings. The molecule has 0 aliphatic heterocycles. The van der Waals surface area contributed by atoms with Crippen LogP contribution in [0, 0.1) is 0 Å². The maximum absolute atomic E-state index is 11.0. The summed E-state index contributed by atoms with van der Waals surface area (Å²) in [5.41, 5.74) is 5.26.